The van der Waals surface area contributed by atoms with Gasteiger partial charge in [0, 0.05) is 44.0 Å². The molecule has 4 heteroatoms. The second-order valence-corrected chi connectivity index (χ2v) is 25.1. The summed E-state index contributed by atoms with van der Waals surface area (Å²) >= 11 is 0. The lowest BCUT2D eigenvalue weighted by atomic mass is 9.31. The van der Waals surface area contributed by atoms with Crippen LogP contribution in [-0.4, -0.2) is 22.6 Å². The Hall–Kier alpha value is -5.73. The largest absolute Gasteiger partial charge is 0.310 e. The summed E-state index contributed by atoms with van der Waals surface area (Å²) in [5.74, 6) is 2.70. The molecular weight excluding hydrogens is 854 g/mol. The Labute approximate surface area is 426 Å². The van der Waals surface area contributed by atoms with Crippen molar-refractivity contribution in [2.45, 2.75) is 165 Å². The van der Waals surface area contributed by atoms with Crippen molar-refractivity contribution in [2.75, 3.05) is 0 Å². The van der Waals surface area contributed by atoms with Crippen molar-refractivity contribution in [1.82, 2.24) is 9.13 Å². The van der Waals surface area contributed by atoms with Crippen LogP contribution in [0.2, 0.25) is 0 Å². The molecule has 0 unspecified atom stereocenters. The van der Waals surface area contributed by atoms with Gasteiger partial charge in [-0.25, -0.2) is 0 Å². The molecule has 7 aromatic carbocycles. The maximum Gasteiger partial charge on any atom is 0.247 e. The van der Waals surface area contributed by atoms with Gasteiger partial charge in [-0.3, -0.25) is 0 Å². The Morgan fingerprint density at radius 1 is 0.352 bits per heavy atom. The quantitative estimate of drug-likeness (QED) is 0.128. The molecule has 0 N–H and O–H groups in total. The van der Waals surface area contributed by atoms with Gasteiger partial charge in [-0.1, -0.05) is 201 Å². The van der Waals surface area contributed by atoms with E-state index in [1.54, 1.807) is 0 Å². The third-order valence-electron chi connectivity index (χ3n) is 17.0. The highest BCUT2D eigenvalue weighted by Gasteiger charge is 2.43. The van der Waals surface area contributed by atoms with E-state index >= 15 is 0 Å². The third-order valence-corrected chi connectivity index (χ3v) is 17.0. The molecule has 2 aliphatic heterocycles. The van der Waals surface area contributed by atoms with Crippen LogP contribution in [0.4, 0.5) is 0 Å². The Bertz CT molecular complexity index is 3580. The van der Waals surface area contributed by atoms with Gasteiger partial charge in [0.15, 0.2) is 0 Å². The molecule has 0 saturated carbocycles. The van der Waals surface area contributed by atoms with E-state index < -0.39 is 0 Å². The minimum Gasteiger partial charge on any atom is -0.310 e. The number of para-hydroxylation sites is 2. The van der Waals surface area contributed by atoms with Crippen LogP contribution < -0.4 is 32.8 Å². The summed E-state index contributed by atoms with van der Waals surface area (Å²) in [5, 5.41) is 5.40. The Kier molecular flexibility index (Phi) is 11.3. The number of aromatic nitrogens is 2. The van der Waals surface area contributed by atoms with Gasteiger partial charge in [-0.05, 0) is 150 Å². The molecule has 71 heavy (non-hydrogen) atoms. The molecule has 0 bridgehead atoms. The van der Waals surface area contributed by atoms with Crippen molar-refractivity contribution in [2.24, 2.45) is 0 Å². The van der Waals surface area contributed by atoms with Crippen molar-refractivity contribution in [3.05, 3.63) is 154 Å². The van der Waals surface area contributed by atoms with E-state index in [-0.39, 0.29) is 18.8 Å². The molecule has 0 spiro atoms. The smallest absolute Gasteiger partial charge is 0.247 e. The normalized spacial score (nSPS) is 13.7. The minimum absolute atomic E-state index is 0.0190. The zero-order valence-electron chi connectivity index (χ0n) is 46.0. The first-order chi connectivity index (χ1) is 33.7. The van der Waals surface area contributed by atoms with Gasteiger partial charge in [0.2, 0.25) is 13.4 Å². The average Bonchev–Trinajstić information content (AvgIpc) is 3.84. The number of hydrogen-bond acceptors (Lipinski definition) is 0. The van der Waals surface area contributed by atoms with E-state index in [0.29, 0.717) is 41.4 Å². The van der Waals surface area contributed by atoms with Gasteiger partial charge in [-0.2, -0.15) is 0 Å². The highest BCUT2D eigenvalue weighted by molar-refractivity contribution is 7.00. The summed E-state index contributed by atoms with van der Waals surface area (Å²) in [6.45, 7) is 40.6. The highest BCUT2D eigenvalue weighted by atomic mass is 15.0. The number of fused-ring (bicyclic) bond motifs is 10. The molecule has 0 fully saturated rings. The second-order valence-electron chi connectivity index (χ2n) is 25.1. The first kappa shape index (κ1) is 47.6. The first-order valence-corrected chi connectivity index (χ1v) is 27.4. The molecule has 2 nitrogen and oxygen atoms in total. The molecular formula is C67H76B2N2. The van der Waals surface area contributed by atoms with E-state index in [2.05, 4.69) is 236 Å². The molecule has 0 amide bonds. The van der Waals surface area contributed by atoms with Crippen LogP contribution in [0.3, 0.4) is 0 Å². The molecule has 4 heterocycles. The van der Waals surface area contributed by atoms with Crippen LogP contribution in [-0.2, 0) is 5.41 Å². The van der Waals surface area contributed by atoms with E-state index in [9.17, 15) is 0 Å². The van der Waals surface area contributed by atoms with Crippen molar-refractivity contribution in [3.8, 4) is 11.4 Å². The zero-order valence-corrected chi connectivity index (χ0v) is 46.0. The number of hydrogen-bond donors (Lipinski definition) is 0. The summed E-state index contributed by atoms with van der Waals surface area (Å²) < 4.78 is 5.41. The molecule has 11 rings (SSSR count). The summed E-state index contributed by atoms with van der Waals surface area (Å²) in [6, 6.07) is 44.9. The maximum absolute atomic E-state index is 2.71. The van der Waals surface area contributed by atoms with Crippen molar-refractivity contribution < 1.29 is 0 Å². The van der Waals surface area contributed by atoms with Crippen molar-refractivity contribution in [3.63, 3.8) is 0 Å². The Morgan fingerprint density at radius 2 is 0.732 bits per heavy atom. The lowest BCUT2D eigenvalue weighted by Crippen LogP contribution is -2.61. The van der Waals surface area contributed by atoms with Crippen molar-refractivity contribution in [1.29, 1.82) is 0 Å². The van der Waals surface area contributed by atoms with Gasteiger partial charge >= 0.3 is 0 Å². The molecule has 2 aliphatic rings. The van der Waals surface area contributed by atoms with Crippen molar-refractivity contribution >= 4 is 89.8 Å². The zero-order chi connectivity index (χ0) is 50.4. The maximum atomic E-state index is 2.71. The second kappa shape index (κ2) is 16.9. The Morgan fingerprint density at radius 3 is 1.10 bits per heavy atom. The summed E-state index contributed by atoms with van der Waals surface area (Å²) in [7, 11) is 0. The van der Waals surface area contributed by atoms with Gasteiger partial charge in [0.1, 0.15) is 0 Å². The summed E-state index contributed by atoms with van der Waals surface area (Å²) in [6.07, 6.45) is 0. The minimum atomic E-state index is 0.0190. The van der Waals surface area contributed by atoms with Gasteiger partial charge in [0.05, 0.1) is 11.0 Å². The lowest BCUT2D eigenvalue weighted by Gasteiger charge is -2.36. The molecule has 0 saturated heterocycles. The topological polar surface area (TPSA) is 9.86 Å². The van der Waals surface area contributed by atoms with Crippen LogP contribution in [0.1, 0.15) is 204 Å². The van der Waals surface area contributed by atoms with E-state index in [0.717, 1.165) is 0 Å². The fraction of sp³-hybridized carbons (Fsp3) is 0.373. The van der Waals surface area contributed by atoms with E-state index in [1.165, 1.54) is 132 Å². The van der Waals surface area contributed by atoms with E-state index in [1.807, 2.05) is 0 Å². The molecule has 2 aromatic heterocycles. The number of rotatable bonds is 9. The standard InChI is InChI=1S/C67H76B2N2/c1-36(2)43-24-26-59-53(28-43)47-20-18-22-55-65(47)70(59)61-34-58-62(35-57(61)68(55)63-49(39(7)8)29-44(37(3)4)30-50(63)40(9)10)71-60-27-25-46(67(15,16)17)33-54(60)48-21-19-23-56(66(48)71)69(58)64-51(41(11)12)31-45(38(5)6)32-52(64)42(13)14/h18-42H,1-17H3. The van der Waals surface area contributed by atoms with Crippen LogP contribution in [0.25, 0.3) is 55.0 Å². The predicted molar refractivity (Wildman–Crippen MR) is 315 cm³/mol. The highest BCUT2D eigenvalue weighted by Crippen LogP contribution is 2.41. The molecule has 0 aliphatic carbocycles. The van der Waals surface area contributed by atoms with Crippen LogP contribution in [0, 0.1) is 0 Å². The molecule has 0 radical (unpaired) electrons. The number of nitrogens with zero attached hydrogens (tertiary/aromatic N) is 2. The monoisotopic (exact) mass is 931 g/mol. The molecule has 0 atom stereocenters. The van der Waals surface area contributed by atoms with Gasteiger partial charge in [0.25, 0.3) is 0 Å². The van der Waals surface area contributed by atoms with Crippen LogP contribution in [0.15, 0.2) is 109 Å². The lowest BCUT2D eigenvalue weighted by molar-refractivity contribution is 0.591. The summed E-state index contributed by atoms with van der Waals surface area (Å²) in [4.78, 5) is 0. The first-order valence-electron chi connectivity index (χ1n) is 27.4. The molecule has 360 valence electrons. The predicted octanol–water partition coefficient (Wildman–Crippen LogP) is 14.7. The van der Waals surface area contributed by atoms with Gasteiger partial charge in [-0.15, -0.1) is 0 Å². The third kappa shape index (κ3) is 7.18. The Balaban J connectivity index is 1.37. The molecule has 9 aromatic rings. The van der Waals surface area contributed by atoms with Crippen LogP contribution >= 0.6 is 0 Å². The SMILES string of the molecule is CC(C)c1cc(C(C)C)c(B2c3cc4c(cc3-n3c5ccc(C(C)C)cc5c5cccc2c53)B(c2c(C(C)C)cc(C(C)C)cc2C(C)C)c2cccc3c5cc(C(C)(C)C)ccc5n-4c23)c(C(C)C)c1. The fourth-order valence-electron chi connectivity index (χ4n) is 13.1. The van der Waals surface area contributed by atoms with Gasteiger partial charge < -0.3 is 9.13 Å². The average molecular weight is 931 g/mol. The summed E-state index contributed by atoms with van der Waals surface area (Å²) in [5.41, 5.74) is 28.2. The van der Waals surface area contributed by atoms with E-state index in [4.69, 9.17) is 0 Å². The number of benzene rings is 7. The van der Waals surface area contributed by atoms with Crippen LogP contribution in [0.5, 0.6) is 0 Å². The fourth-order valence-corrected chi connectivity index (χ4v) is 13.1.